The molecule has 3 rings (SSSR count). The average Bonchev–Trinajstić information content (AvgIpc) is 3.13. The standard InChI is InChI=1S/C19H15BrF3N3O3/c20-14-4-6-16(7-5-14)29-12-26-10-15(9-24-26)25-18(27)13-2-1-3-17(8-13)28-11-19(21,22)23/h1-10H,11-12H2,(H,25,27). The molecule has 0 saturated carbocycles. The highest BCUT2D eigenvalue weighted by Gasteiger charge is 2.28. The van der Waals surface area contributed by atoms with Gasteiger partial charge in [-0.15, -0.1) is 0 Å². The number of nitrogens with zero attached hydrogens (tertiary/aromatic N) is 2. The number of alkyl halides is 3. The van der Waals surface area contributed by atoms with Crippen LogP contribution in [0.4, 0.5) is 18.9 Å². The molecule has 0 aliphatic heterocycles. The first-order valence-electron chi connectivity index (χ1n) is 8.30. The molecule has 3 aromatic rings. The Bertz CT molecular complexity index is 975. The summed E-state index contributed by atoms with van der Waals surface area (Å²) in [6.07, 6.45) is -1.45. The van der Waals surface area contributed by atoms with E-state index < -0.39 is 18.7 Å². The third-order valence-electron chi connectivity index (χ3n) is 3.57. The predicted molar refractivity (Wildman–Crippen MR) is 103 cm³/mol. The molecule has 0 saturated heterocycles. The van der Waals surface area contributed by atoms with Crippen LogP contribution in [-0.4, -0.2) is 28.5 Å². The molecule has 6 nitrogen and oxygen atoms in total. The number of hydrogen-bond donors (Lipinski definition) is 1. The number of hydrogen-bond acceptors (Lipinski definition) is 4. The number of carbonyl (C=O) groups excluding carboxylic acids is 1. The number of halogens is 4. The Morgan fingerprint density at radius 3 is 2.59 bits per heavy atom. The molecule has 152 valence electrons. The van der Waals surface area contributed by atoms with E-state index in [1.54, 1.807) is 18.3 Å². The van der Waals surface area contributed by atoms with Gasteiger partial charge in [0.15, 0.2) is 13.3 Å². The van der Waals surface area contributed by atoms with E-state index in [0.29, 0.717) is 11.4 Å². The number of ether oxygens (including phenoxy) is 2. The fourth-order valence-electron chi connectivity index (χ4n) is 2.27. The first kappa shape index (κ1) is 20.7. The van der Waals surface area contributed by atoms with Crippen LogP contribution < -0.4 is 14.8 Å². The van der Waals surface area contributed by atoms with Gasteiger partial charge in [0.25, 0.3) is 5.91 Å². The van der Waals surface area contributed by atoms with Crippen LogP contribution in [0, 0.1) is 0 Å². The van der Waals surface area contributed by atoms with E-state index in [1.807, 2.05) is 12.1 Å². The van der Waals surface area contributed by atoms with E-state index >= 15 is 0 Å². The van der Waals surface area contributed by atoms with Crippen LogP contribution >= 0.6 is 15.9 Å². The number of anilines is 1. The topological polar surface area (TPSA) is 65.4 Å². The Morgan fingerprint density at radius 1 is 1.10 bits per heavy atom. The molecule has 1 N–H and O–H groups in total. The molecule has 0 radical (unpaired) electrons. The highest BCUT2D eigenvalue weighted by molar-refractivity contribution is 9.10. The second kappa shape index (κ2) is 8.99. The minimum Gasteiger partial charge on any atom is -0.484 e. The van der Waals surface area contributed by atoms with Crippen LogP contribution in [0.1, 0.15) is 10.4 Å². The summed E-state index contributed by atoms with van der Waals surface area (Å²) in [5, 5.41) is 6.71. The van der Waals surface area contributed by atoms with Crippen LogP contribution in [0.5, 0.6) is 11.5 Å². The van der Waals surface area contributed by atoms with Crippen molar-refractivity contribution in [3.05, 3.63) is 71.0 Å². The lowest BCUT2D eigenvalue weighted by molar-refractivity contribution is -0.153. The van der Waals surface area contributed by atoms with Crippen LogP contribution in [0.15, 0.2) is 65.4 Å². The fourth-order valence-corrected chi connectivity index (χ4v) is 2.53. The summed E-state index contributed by atoms with van der Waals surface area (Å²) >= 11 is 3.34. The first-order valence-corrected chi connectivity index (χ1v) is 9.09. The van der Waals surface area contributed by atoms with Crippen molar-refractivity contribution in [2.24, 2.45) is 0 Å². The van der Waals surface area contributed by atoms with Gasteiger partial charge in [-0.05, 0) is 42.5 Å². The molecular formula is C19H15BrF3N3O3. The van der Waals surface area contributed by atoms with E-state index in [1.165, 1.54) is 35.1 Å². The average molecular weight is 470 g/mol. The van der Waals surface area contributed by atoms with Crippen LogP contribution in [0.25, 0.3) is 0 Å². The van der Waals surface area contributed by atoms with Gasteiger partial charge in [0.05, 0.1) is 18.1 Å². The highest BCUT2D eigenvalue weighted by Crippen LogP contribution is 2.20. The Kier molecular flexibility index (Phi) is 6.42. The van der Waals surface area contributed by atoms with Gasteiger partial charge in [0, 0.05) is 10.0 Å². The van der Waals surface area contributed by atoms with Crippen molar-refractivity contribution >= 4 is 27.5 Å². The van der Waals surface area contributed by atoms with E-state index in [-0.39, 0.29) is 18.0 Å². The summed E-state index contributed by atoms with van der Waals surface area (Å²) in [7, 11) is 0. The maximum absolute atomic E-state index is 12.3. The van der Waals surface area contributed by atoms with Gasteiger partial charge in [0.1, 0.15) is 11.5 Å². The molecule has 1 heterocycles. The Morgan fingerprint density at radius 2 is 1.86 bits per heavy atom. The summed E-state index contributed by atoms with van der Waals surface area (Å²) in [6, 6.07) is 12.8. The third kappa shape index (κ3) is 6.53. The molecule has 0 bridgehead atoms. The maximum atomic E-state index is 12.3. The van der Waals surface area contributed by atoms with Crippen LogP contribution in [0.2, 0.25) is 0 Å². The Hall–Kier alpha value is -3.01. The van der Waals surface area contributed by atoms with Gasteiger partial charge in [-0.2, -0.15) is 18.3 Å². The van der Waals surface area contributed by atoms with Crippen molar-refractivity contribution in [3.63, 3.8) is 0 Å². The minimum absolute atomic E-state index is 0.0476. The maximum Gasteiger partial charge on any atom is 0.422 e. The zero-order valence-electron chi connectivity index (χ0n) is 14.8. The monoisotopic (exact) mass is 469 g/mol. The van der Waals surface area contributed by atoms with Gasteiger partial charge < -0.3 is 14.8 Å². The van der Waals surface area contributed by atoms with Gasteiger partial charge in [-0.1, -0.05) is 22.0 Å². The van der Waals surface area contributed by atoms with Crippen molar-refractivity contribution in [2.75, 3.05) is 11.9 Å². The van der Waals surface area contributed by atoms with Gasteiger partial charge in [-0.25, -0.2) is 4.68 Å². The smallest absolute Gasteiger partial charge is 0.422 e. The molecule has 10 heteroatoms. The SMILES string of the molecule is O=C(Nc1cnn(COc2ccc(Br)cc2)c1)c1cccc(OCC(F)(F)F)c1. The van der Waals surface area contributed by atoms with E-state index in [0.717, 1.165) is 4.47 Å². The predicted octanol–water partition coefficient (Wildman–Crippen LogP) is 4.88. The van der Waals surface area contributed by atoms with E-state index in [4.69, 9.17) is 4.74 Å². The lowest BCUT2D eigenvalue weighted by atomic mass is 10.2. The summed E-state index contributed by atoms with van der Waals surface area (Å²) in [5.41, 5.74) is 0.569. The van der Waals surface area contributed by atoms with Gasteiger partial charge in [0.2, 0.25) is 0 Å². The molecule has 0 aliphatic rings. The van der Waals surface area contributed by atoms with Gasteiger partial charge >= 0.3 is 6.18 Å². The summed E-state index contributed by atoms with van der Waals surface area (Å²) in [6.45, 7) is -1.29. The second-order valence-corrected chi connectivity index (χ2v) is 6.80. The van der Waals surface area contributed by atoms with Crippen molar-refractivity contribution in [1.82, 2.24) is 9.78 Å². The second-order valence-electron chi connectivity index (χ2n) is 5.88. The van der Waals surface area contributed by atoms with Crippen molar-refractivity contribution < 1.29 is 27.4 Å². The third-order valence-corrected chi connectivity index (χ3v) is 4.10. The lowest BCUT2D eigenvalue weighted by Crippen LogP contribution is -2.19. The Balaban J connectivity index is 1.56. The molecule has 0 aliphatic carbocycles. The highest BCUT2D eigenvalue weighted by atomic mass is 79.9. The number of rotatable bonds is 7. The zero-order chi connectivity index (χ0) is 20.9. The first-order chi connectivity index (χ1) is 13.8. The van der Waals surface area contributed by atoms with Crippen LogP contribution in [0.3, 0.4) is 0 Å². The molecule has 0 atom stereocenters. The number of nitrogens with one attached hydrogen (secondary N) is 1. The summed E-state index contributed by atoms with van der Waals surface area (Å²) in [4.78, 5) is 12.3. The van der Waals surface area contributed by atoms with Crippen molar-refractivity contribution in [1.29, 1.82) is 0 Å². The number of carbonyl (C=O) groups is 1. The molecular weight excluding hydrogens is 455 g/mol. The van der Waals surface area contributed by atoms with E-state index in [9.17, 15) is 18.0 Å². The molecule has 1 aromatic heterocycles. The molecule has 2 aromatic carbocycles. The molecule has 0 unspecified atom stereocenters. The number of amides is 1. The minimum atomic E-state index is -4.45. The van der Waals surface area contributed by atoms with Crippen molar-refractivity contribution in [2.45, 2.75) is 12.9 Å². The van der Waals surface area contributed by atoms with E-state index in [2.05, 4.69) is 31.1 Å². The van der Waals surface area contributed by atoms with Crippen molar-refractivity contribution in [3.8, 4) is 11.5 Å². The summed E-state index contributed by atoms with van der Waals surface area (Å²) in [5.74, 6) is 0.106. The molecule has 29 heavy (non-hydrogen) atoms. The number of benzene rings is 2. The van der Waals surface area contributed by atoms with Crippen LogP contribution in [-0.2, 0) is 6.73 Å². The zero-order valence-corrected chi connectivity index (χ0v) is 16.4. The lowest BCUT2D eigenvalue weighted by Gasteiger charge is -2.10. The largest absolute Gasteiger partial charge is 0.484 e. The normalized spacial score (nSPS) is 11.2. The number of aromatic nitrogens is 2. The Labute approximate surface area is 172 Å². The quantitative estimate of drug-likeness (QED) is 0.535. The molecule has 0 fully saturated rings. The summed E-state index contributed by atoms with van der Waals surface area (Å²) < 4.78 is 49.4. The fraction of sp³-hybridized carbons (Fsp3) is 0.158. The van der Waals surface area contributed by atoms with Gasteiger partial charge in [-0.3, -0.25) is 4.79 Å². The molecule has 1 amide bonds. The molecule has 0 spiro atoms.